The molecule has 2 atom stereocenters. The molecule has 0 bridgehead atoms. The number of carboxylic acids is 1. The smallest absolute Gasteiger partial charge is 0.305 e. The molecule has 10 heteroatoms. The topological polar surface area (TPSA) is 116 Å². The zero-order valence-corrected chi connectivity index (χ0v) is 25.7. The molecule has 5 rings (SSSR count). The molecule has 0 spiro atoms. The van der Waals surface area contributed by atoms with Gasteiger partial charge < -0.3 is 20.6 Å². The van der Waals surface area contributed by atoms with Gasteiger partial charge in [0.1, 0.15) is 0 Å². The highest BCUT2D eigenvalue weighted by Crippen LogP contribution is 2.48. The van der Waals surface area contributed by atoms with Crippen LogP contribution in [0.2, 0.25) is 10.0 Å². The summed E-state index contributed by atoms with van der Waals surface area (Å²) >= 11 is 13.0. The van der Waals surface area contributed by atoms with Gasteiger partial charge in [0.05, 0.1) is 18.4 Å². The lowest BCUT2D eigenvalue weighted by atomic mass is 9.76. The lowest BCUT2D eigenvalue weighted by molar-refractivity contribution is -0.137. The van der Waals surface area contributed by atoms with Crippen molar-refractivity contribution >= 4 is 46.9 Å². The summed E-state index contributed by atoms with van der Waals surface area (Å²) in [6.45, 7) is 0.506. The van der Waals surface area contributed by atoms with E-state index < -0.39 is 17.9 Å². The Morgan fingerprint density at radius 3 is 2.20 bits per heavy atom. The van der Waals surface area contributed by atoms with Crippen molar-refractivity contribution < 1.29 is 24.3 Å². The Morgan fingerprint density at radius 2 is 1.50 bits per heavy atom. The van der Waals surface area contributed by atoms with Crippen LogP contribution in [0.5, 0.6) is 0 Å². The molecule has 1 heterocycles. The molecule has 0 unspecified atom stereocenters. The number of benzene rings is 3. The Hall–Kier alpha value is -3.88. The first-order chi connectivity index (χ1) is 21.2. The first-order valence-corrected chi connectivity index (χ1v) is 15.7. The van der Waals surface area contributed by atoms with Gasteiger partial charge >= 0.3 is 5.97 Å². The van der Waals surface area contributed by atoms with E-state index in [-0.39, 0.29) is 42.6 Å². The largest absolute Gasteiger partial charge is 0.481 e. The SMILES string of the molecule is O=C(O)CCNC(=O)[C@H]1CC[C@@H](N2C(=O)c3ccccc3[C@@H](C(=O)NCCc3ccccc3)[C@@H]2c2ccc(Cl)cc2Cl)CC1. The fourth-order valence-electron chi connectivity index (χ4n) is 6.45. The standard InChI is InChI=1S/C34H35Cl2N3O5/c35-23-12-15-27(28(36)20-23)31-30(33(43)38-18-16-21-6-2-1-3-7-21)25-8-4-5-9-26(25)34(44)39(31)24-13-10-22(11-14-24)32(42)37-19-17-29(40)41/h1-9,12,15,20,22,24,30-31H,10-11,13-14,16-19H2,(H,37,42)(H,38,43)(H,40,41)/t22-,24+,30-,31+/m1/s1. The van der Waals surface area contributed by atoms with Crippen LogP contribution in [-0.2, 0) is 20.8 Å². The predicted octanol–water partition coefficient (Wildman–Crippen LogP) is 5.78. The third kappa shape index (κ3) is 7.08. The van der Waals surface area contributed by atoms with E-state index in [1.165, 1.54) is 0 Å². The molecule has 1 saturated carbocycles. The van der Waals surface area contributed by atoms with Gasteiger partial charge in [-0.3, -0.25) is 19.2 Å². The summed E-state index contributed by atoms with van der Waals surface area (Å²) in [5, 5.41) is 15.5. The molecule has 1 aliphatic carbocycles. The van der Waals surface area contributed by atoms with E-state index in [0.717, 1.165) is 5.56 Å². The van der Waals surface area contributed by atoms with E-state index in [1.807, 2.05) is 42.5 Å². The summed E-state index contributed by atoms with van der Waals surface area (Å²) in [7, 11) is 0. The summed E-state index contributed by atoms with van der Waals surface area (Å²) in [6.07, 6.45) is 2.69. The van der Waals surface area contributed by atoms with Crippen molar-refractivity contribution in [2.24, 2.45) is 5.92 Å². The van der Waals surface area contributed by atoms with Gasteiger partial charge in [0, 0.05) is 40.7 Å². The quantitative estimate of drug-likeness (QED) is 0.261. The first kappa shape index (κ1) is 31.5. The van der Waals surface area contributed by atoms with Gasteiger partial charge in [0.2, 0.25) is 11.8 Å². The Bertz CT molecular complexity index is 1520. The van der Waals surface area contributed by atoms with Crippen LogP contribution in [0, 0.1) is 5.92 Å². The number of fused-ring (bicyclic) bond motifs is 1. The van der Waals surface area contributed by atoms with Crippen molar-refractivity contribution in [1.29, 1.82) is 0 Å². The third-order valence-corrected chi connectivity index (χ3v) is 9.16. The first-order valence-electron chi connectivity index (χ1n) is 14.9. The molecular formula is C34H35Cl2N3O5. The zero-order chi connectivity index (χ0) is 31.2. The van der Waals surface area contributed by atoms with Gasteiger partial charge in [-0.25, -0.2) is 0 Å². The van der Waals surface area contributed by atoms with Crippen LogP contribution in [-0.4, -0.2) is 52.8 Å². The van der Waals surface area contributed by atoms with Crippen molar-refractivity contribution in [3.63, 3.8) is 0 Å². The number of carbonyl (C=O) groups is 4. The van der Waals surface area contributed by atoms with E-state index >= 15 is 0 Å². The molecule has 0 radical (unpaired) electrons. The highest BCUT2D eigenvalue weighted by atomic mass is 35.5. The summed E-state index contributed by atoms with van der Waals surface area (Å²) in [5.74, 6) is -2.53. The highest BCUT2D eigenvalue weighted by molar-refractivity contribution is 6.35. The number of aliphatic carboxylic acids is 1. The molecule has 8 nitrogen and oxygen atoms in total. The Balaban J connectivity index is 1.44. The number of carbonyl (C=O) groups excluding carboxylic acids is 3. The van der Waals surface area contributed by atoms with E-state index in [2.05, 4.69) is 10.6 Å². The average Bonchev–Trinajstić information content (AvgIpc) is 3.01. The highest BCUT2D eigenvalue weighted by Gasteiger charge is 2.48. The summed E-state index contributed by atoms with van der Waals surface area (Å²) < 4.78 is 0. The maximum absolute atomic E-state index is 14.3. The Morgan fingerprint density at radius 1 is 0.818 bits per heavy atom. The molecule has 3 aromatic carbocycles. The molecule has 44 heavy (non-hydrogen) atoms. The number of carboxylic acid groups (broad SMARTS) is 1. The number of amides is 3. The molecule has 1 fully saturated rings. The van der Waals surface area contributed by atoms with Crippen LogP contribution >= 0.6 is 23.2 Å². The molecule has 2 aliphatic rings. The normalized spacial score (nSPS) is 21.3. The molecule has 1 aliphatic heterocycles. The number of nitrogens with zero attached hydrogens (tertiary/aromatic N) is 1. The number of hydrogen-bond donors (Lipinski definition) is 3. The van der Waals surface area contributed by atoms with Gasteiger partial charge in [-0.2, -0.15) is 0 Å². The molecule has 230 valence electrons. The van der Waals surface area contributed by atoms with Crippen LogP contribution in [0.1, 0.15) is 71.1 Å². The molecular weight excluding hydrogens is 601 g/mol. The fraction of sp³-hybridized carbons (Fsp3) is 0.353. The predicted molar refractivity (Wildman–Crippen MR) is 169 cm³/mol. The minimum atomic E-state index is -0.969. The van der Waals surface area contributed by atoms with Gasteiger partial charge in [0.25, 0.3) is 5.91 Å². The number of hydrogen-bond acceptors (Lipinski definition) is 4. The molecule has 3 N–H and O–H groups in total. The second kappa shape index (κ2) is 14.3. The second-order valence-corrected chi connectivity index (χ2v) is 12.2. The van der Waals surface area contributed by atoms with Crippen molar-refractivity contribution in [1.82, 2.24) is 15.5 Å². The van der Waals surface area contributed by atoms with Crippen LogP contribution < -0.4 is 10.6 Å². The van der Waals surface area contributed by atoms with Crippen molar-refractivity contribution in [2.45, 2.75) is 56.5 Å². The van der Waals surface area contributed by atoms with E-state index in [1.54, 1.807) is 35.2 Å². The van der Waals surface area contributed by atoms with E-state index in [4.69, 9.17) is 28.3 Å². The molecule has 3 amide bonds. The fourth-order valence-corrected chi connectivity index (χ4v) is 6.97. The van der Waals surface area contributed by atoms with Crippen molar-refractivity contribution in [3.05, 3.63) is 105 Å². The van der Waals surface area contributed by atoms with Crippen LogP contribution in [0.15, 0.2) is 72.8 Å². The number of rotatable bonds is 10. The maximum atomic E-state index is 14.3. The van der Waals surface area contributed by atoms with Gasteiger partial charge in [-0.1, -0.05) is 77.8 Å². The molecule has 3 aromatic rings. The Labute approximate surface area is 266 Å². The van der Waals surface area contributed by atoms with Crippen molar-refractivity contribution in [3.8, 4) is 0 Å². The van der Waals surface area contributed by atoms with Crippen LogP contribution in [0.4, 0.5) is 0 Å². The third-order valence-electron chi connectivity index (χ3n) is 8.59. The lowest BCUT2D eigenvalue weighted by Gasteiger charge is -2.47. The average molecular weight is 637 g/mol. The van der Waals surface area contributed by atoms with Crippen LogP contribution in [0.3, 0.4) is 0 Å². The summed E-state index contributed by atoms with van der Waals surface area (Å²) in [6, 6.07) is 21.3. The minimum Gasteiger partial charge on any atom is -0.481 e. The van der Waals surface area contributed by atoms with Gasteiger partial charge in [-0.15, -0.1) is 0 Å². The van der Waals surface area contributed by atoms with Gasteiger partial charge in [-0.05, 0) is 67.0 Å². The van der Waals surface area contributed by atoms with E-state index in [0.29, 0.717) is 65.4 Å². The summed E-state index contributed by atoms with van der Waals surface area (Å²) in [4.78, 5) is 53.8. The molecule has 0 saturated heterocycles. The minimum absolute atomic E-state index is 0.0771. The van der Waals surface area contributed by atoms with E-state index in [9.17, 15) is 19.2 Å². The number of nitrogens with one attached hydrogen (secondary N) is 2. The van der Waals surface area contributed by atoms with Gasteiger partial charge in [0.15, 0.2) is 0 Å². The Kier molecular flexibility index (Phi) is 10.2. The number of halogens is 2. The molecule has 0 aromatic heterocycles. The lowest BCUT2D eigenvalue weighted by Crippen LogP contribution is -2.53. The summed E-state index contributed by atoms with van der Waals surface area (Å²) in [5.41, 5.74) is 2.87. The van der Waals surface area contributed by atoms with Crippen LogP contribution in [0.25, 0.3) is 0 Å². The zero-order valence-electron chi connectivity index (χ0n) is 24.2. The maximum Gasteiger partial charge on any atom is 0.305 e. The monoisotopic (exact) mass is 635 g/mol. The van der Waals surface area contributed by atoms with Crippen molar-refractivity contribution in [2.75, 3.05) is 13.1 Å². The second-order valence-electron chi connectivity index (χ2n) is 11.4.